The second kappa shape index (κ2) is 7.22. The topological polar surface area (TPSA) is 69.6 Å². The molecule has 0 unspecified atom stereocenters. The Balaban J connectivity index is 1.80. The van der Waals surface area contributed by atoms with E-state index in [2.05, 4.69) is 5.32 Å². The van der Waals surface area contributed by atoms with Crippen molar-refractivity contribution in [1.29, 1.82) is 0 Å². The maximum absolute atomic E-state index is 13.4. The standard InChI is InChI=1S/C22H26N2O3/c1-14-19(22(27)24-12-3-2-4-13-24)20(15-8-10-16(25)11-9-15)21-17(23-14)6-5-7-18(21)26/h8-11,20,23,25H,2-7,12-13H2,1H3/t20-/m0/s1. The van der Waals surface area contributed by atoms with Gasteiger partial charge in [0, 0.05) is 48.0 Å². The molecule has 4 rings (SSSR count). The summed E-state index contributed by atoms with van der Waals surface area (Å²) < 4.78 is 0. The van der Waals surface area contributed by atoms with E-state index in [4.69, 9.17) is 0 Å². The van der Waals surface area contributed by atoms with Crippen molar-refractivity contribution in [3.05, 3.63) is 52.4 Å². The molecule has 27 heavy (non-hydrogen) atoms. The molecule has 1 amide bonds. The van der Waals surface area contributed by atoms with Gasteiger partial charge in [0.25, 0.3) is 5.91 Å². The van der Waals surface area contributed by atoms with E-state index in [1.165, 1.54) is 0 Å². The quantitative estimate of drug-likeness (QED) is 0.842. The van der Waals surface area contributed by atoms with Crippen LogP contribution < -0.4 is 5.32 Å². The van der Waals surface area contributed by atoms with E-state index in [1.807, 2.05) is 24.0 Å². The van der Waals surface area contributed by atoms with Crippen LogP contribution in [0.4, 0.5) is 0 Å². The van der Waals surface area contributed by atoms with E-state index in [0.717, 1.165) is 67.7 Å². The molecule has 0 bridgehead atoms. The van der Waals surface area contributed by atoms with Crippen LogP contribution in [-0.2, 0) is 9.59 Å². The molecular formula is C22H26N2O3. The SMILES string of the molecule is CC1=C(C(=O)N2CCCCC2)[C@H](c2ccc(O)cc2)C2=C(CCCC2=O)N1. The lowest BCUT2D eigenvalue weighted by Crippen LogP contribution is -2.42. The van der Waals surface area contributed by atoms with Gasteiger partial charge in [-0.05, 0) is 56.7 Å². The fraction of sp³-hybridized carbons (Fsp3) is 0.455. The van der Waals surface area contributed by atoms with Gasteiger partial charge in [0.1, 0.15) is 5.75 Å². The van der Waals surface area contributed by atoms with E-state index in [1.54, 1.807) is 12.1 Å². The number of aromatic hydroxyl groups is 1. The highest BCUT2D eigenvalue weighted by Crippen LogP contribution is 2.43. The number of amides is 1. The minimum absolute atomic E-state index is 0.0303. The molecule has 0 radical (unpaired) electrons. The highest BCUT2D eigenvalue weighted by molar-refractivity contribution is 6.05. The lowest BCUT2D eigenvalue weighted by atomic mass is 9.75. The van der Waals surface area contributed by atoms with Crippen LogP contribution in [0.5, 0.6) is 5.75 Å². The second-order valence-electron chi connectivity index (χ2n) is 7.71. The predicted octanol–water partition coefficient (Wildman–Crippen LogP) is 3.37. The first-order chi connectivity index (χ1) is 13.1. The third-order valence-corrected chi connectivity index (χ3v) is 5.88. The minimum Gasteiger partial charge on any atom is -0.508 e. The lowest BCUT2D eigenvalue weighted by molar-refractivity contribution is -0.128. The van der Waals surface area contributed by atoms with E-state index in [0.29, 0.717) is 12.0 Å². The summed E-state index contributed by atoms with van der Waals surface area (Å²) in [5, 5.41) is 13.1. The number of likely N-dealkylation sites (tertiary alicyclic amines) is 1. The van der Waals surface area contributed by atoms with Crippen LogP contribution in [0.2, 0.25) is 0 Å². The van der Waals surface area contributed by atoms with Gasteiger partial charge in [0.15, 0.2) is 5.78 Å². The van der Waals surface area contributed by atoms with Crippen LogP contribution in [0, 0.1) is 0 Å². The Hall–Kier alpha value is -2.56. The molecule has 0 saturated carbocycles. The van der Waals surface area contributed by atoms with Gasteiger partial charge in [-0.2, -0.15) is 0 Å². The summed E-state index contributed by atoms with van der Waals surface area (Å²) in [6, 6.07) is 6.91. The number of carbonyl (C=O) groups is 2. The number of Topliss-reactive ketones (excluding diaryl/α,β-unsaturated/α-hetero) is 1. The predicted molar refractivity (Wildman–Crippen MR) is 103 cm³/mol. The third kappa shape index (κ3) is 3.27. The van der Waals surface area contributed by atoms with Crippen molar-refractivity contribution in [3.8, 4) is 5.75 Å². The molecule has 2 aliphatic heterocycles. The fourth-order valence-electron chi connectivity index (χ4n) is 4.53. The monoisotopic (exact) mass is 366 g/mol. The summed E-state index contributed by atoms with van der Waals surface area (Å²) in [6.07, 6.45) is 5.42. The molecule has 1 aromatic carbocycles. The molecule has 1 saturated heterocycles. The summed E-state index contributed by atoms with van der Waals surface area (Å²) in [5.41, 5.74) is 4.10. The number of phenolic OH excluding ortho intramolecular Hbond substituents is 1. The molecule has 5 heteroatoms. The summed E-state index contributed by atoms with van der Waals surface area (Å²) in [5.74, 6) is -0.0217. The normalized spacial score (nSPS) is 23.2. The third-order valence-electron chi connectivity index (χ3n) is 5.88. The molecule has 0 aromatic heterocycles. The van der Waals surface area contributed by atoms with Gasteiger partial charge in [-0.15, -0.1) is 0 Å². The number of allylic oxidation sites excluding steroid dienone is 3. The van der Waals surface area contributed by atoms with Gasteiger partial charge in [-0.25, -0.2) is 0 Å². The van der Waals surface area contributed by atoms with Crippen molar-refractivity contribution < 1.29 is 14.7 Å². The average Bonchev–Trinajstić information content (AvgIpc) is 2.68. The zero-order valence-electron chi connectivity index (χ0n) is 15.8. The number of phenols is 1. The van der Waals surface area contributed by atoms with Gasteiger partial charge in [0.05, 0.1) is 0 Å². The number of hydrogen-bond acceptors (Lipinski definition) is 4. The smallest absolute Gasteiger partial charge is 0.252 e. The van der Waals surface area contributed by atoms with Crippen molar-refractivity contribution in [2.75, 3.05) is 13.1 Å². The van der Waals surface area contributed by atoms with Crippen LogP contribution >= 0.6 is 0 Å². The van der Waals surface area contributed by atoms with E-state index in [-0.39, 0.29) is 23.4 Å². The van der Waals surface area contributed by atoms with Gasteiger partial charge in [-0.3, -0.25) is 9.59 Å². The molecule has 0 spiro atoms. The molecule has 142 valence electrons. The van der Waals surface area contributed by atoms with Crippen molar-refractivity contribution >= 4 is 11.7 Å². The number of benzene rings is 1. The maximum Gasteiger partial charge on any atom is 0.252 e. The molecule has 1 aliphatic carbocycles. The van der Waals surface area contributed by atoms with Crippen LogP contribution in [0.25, 0.3) is 0 Å². The first-order valence-corrected chi connectivity index (χ1v) is 9.88. The summed E-state index contributed by atoms with van der Waals surface area (Å²) in [4.78, 5) is 28.2. The number of rotatable bonds is 2. The van der Waals surface area contributed by atoms with E-state index >= 15 is 0 Å². The molecule has 3 aliphatic rings. The van der Waals surface area contributed by atoms with E-state index in [9.17, 15) is 14.7 Å². The van der Waals surface area contributed by atoms with Crippen LogP contribution in [-0.4, -0.2) is 34.8 Å². The summed E-state index contributed by atoms with van der Waals surface area (Å²) in [7, 11) is 0. The Morgan fingerprint density at radius 1 is 1.07 bits per heavy atom. The van der Waals surface area contributed by atoms with E-state index < -0.39 is 0 Å². The van der Waals surface area contributed by atoms with Crippen molar-refractivity contribution in [3.63, 3.8) is 0 Å². The number of nitrogens with one attached hydrogen (secondary N) is 1. The molecule has 2 heterocycles. The molecule has 5 nitrogen and oxygen atoms in total. The number of dihydropyridines is 1. The van der Waals surface area contributed by atoms with Crippen molar-refractivity contribution in [1.82, 2.24) is 10.2 Å². The Morgan fingerprint density at radius 3 is 2.48 bits per heavy atom. The first kappa shape index (κ1) is 17.8. The van der Waals surface area contributed by atoms with Crippen molar-refractivity contribution in [2.45, 2.75) is 51.4 Å². The maximum atomic E-state index is 13.4. The van der Waals surface area contributed by atoms with Gasteiger partial charge < -0.3 is 15.3 Å². The minimum atomic E-state index is -0.357. The second-order valence-corrected chi connectivity index (χ2v) is 7.71. The Labute approximate surface area is 159 Å². The van der Waals surface area contributed by atoms with Crippen molar-refractivity contribution in [2.24, 2.45) is 0 Å². The van der Waals surface area contributed by atoms with Gasteiger partial charge >= 0.3 is 0 Å². The van der Waals surface area contributed by atoms with Crippen LogP contribution in [0.1, 0.15) is 56.9 Å². The Bertz CT molecular complexity index is 830. The fourth-order valence-corrected chi connectivity index (χ4v) is 4.53. The number of ketones is 1. The van der Waals surface area contributed by atoms with Crippen LogP contribution in [0.3, 0.4) is 0 Å². The van der Waals surface area contributed by atoms with Gasteiger partial charge in [0.2, 0.25) is 0 Å². The lowest BCUT2D eigenvalue weighted by Gasteiger charge is -2.37. The zero-order chi connectivity index (χ0) is 19.0. The Morgan fingerprint density at radius 2 is 1.78 bits per heavy atom. The molecular weight excluding hydrogens is 340 g/mol. The number of hydrogen-bond donors (Lipinski definition) is 2. The zero-order valence-corrected chi connectivity index (χ0v) is 15.8. The molecule has 2 N–H and O–H groups in total. The number of piperidine rings is 1. The van der Waals surface area contributed by atoms with Gasteiger partial charge in [-0.1, -0.05) is 12.1 Å². The highest BCUT2D eigenvalue weighted by atomic mass is 16.3. The van der Waals surface area contributed by atoms with Crippen LogP contribution in [0.15, 0.2) is 46.8 Å². The summed E-state index contributed by atoms with van der Waals surface area (Å²) >= 11 is 0. The molecule has 1 fully saturated rings. The number of nitrogens with zero attached hydrogens (tertiary/aromatic N) is 1. The molecule has 1 aromatic rings. The average molecular weight is 366 g/mol. The Kier molecular flexibility index (Phi) is 4.77. The number of carbonyl (C=O) groups excluding carboxylic acids is 2. The largest absolute Gasteiger partial charge is 0.508 e. The summed E-state index contributed by atoms with van der Waals surface area (Å²) in [6.45, 7) is 3.49. The molecule has 1 atom stereocenters. The highest BCUT2D eigenvalue weighted by Gasteiger charge is 2.39. The first-order valence-electron chi connectivity index (χ1n) is 9.88.